The first-order valence-corrected chi connectivity index (χ1v) is 10.4. The van der Waals surface area contributed by atoms with Crippen molar-refractivity contribution in [3.05, 3.63) is 65.3 Å². The van der Waals surface area contributed by atoms with Crippen molar-refractivity contribution in [2.75, 3.05) is 56.2 Å². The van der Waals surface area contributed by atoms with E-state index in [9.17, 15) is 4.79 Å². The van der Waals surface area contributed by atoms with Gasteiger partial charge in [0.1, 0.15) is 5.82 Å². The number of anilines is 2. The molecule has 1 N–H and O–H groups in total. The van der Waals surface area contributed by atoms with Crippen molar-refractivity contribution in [1.82, 2.24) is 10.3 Å². The van der Waals surface area contributed by atoms with E-state index in [2.05, 4.69) is 32.2 Å². The van der Waals surface area contributed by atoms with Crippen LogP contribution in [0.25, 0.3) is 10.8 Å². The van der Waals surface area contributed by atoms with E-state index in [4.69, 9.17) is 16.3 Å². The van der Waals surface area contributed by atoms with Gasteiger partial charge in [-0.1, -0.05) is 17.7 Å². The van der Waals surface area contributed by atoms with Gasteiger partial charge in [0, 0.05) is 67.7 Å². The molecule has 7 heteroatoms. The Labute approximate surface area is 181 Å². The smallest absolute Gasteiger partial charge is 0.251 e. The number of rotatable bonds is 6. The molecule has 0 unspecified atom stereocenters. The summed E-state index contributed by atoms with van der Waals surface area (Å²) in [6.07, 6.45) is 1.83. The number of benzene rings is 2. The molecule has 0 aliphatic carbocycles. The molecule has 3 aromatic rings. The van der Waals surface area contributed by atoms with E-state index >= 15 is 0 Å². The normalized spacial score (nSPS) is 14.2. The first kappa shape index (κ1) is 20.4. The summed E-state index contributed by atoms with van der Waals surface area (Å²) in [5.74, 6) is 0.825. The monoisotopic (exact) mass is 424 g/mol. The van der Waals surface area contributed by atoms with Gasteiger partial charge in [0.25, 0.3) is 5.91 Å². The standard InChI is InChI=1S/C23H25ClN4O2/c1-30-15-10-26-23(29)18-3-2-17-8-9-25-22(21(17)16-18)28-13-11-27(12-14-28)20-6-4-19(24)5-7-20/h2-9,16H,10-15H2,1H3,(H,26,29). The Morgan fingerprint density at radius 3 is 2.53 bits per heavy atom. The summed E-state index contributed by atoms with van der Waals surface area (Å²) in [5.41, 5.74) is 1.81. The minimum absolute atomic E-state index is 0.101. The number of amides is 1. The number of methoxy groups -OCH3 is 1. The third kappa shape index (κ3) is 4.50. The molecular formula is C23H25ClN4O2. The highest BCUT2D eigenvalue weighted by atomic mass is 35.5. The fourth-order valence-electron chi connectivity index (χ4n) is 3.74. The first-order chi connectivity index (χ1) is 14.7. The van der Waals surface area contributed by atoms with E-state index in [1.807, 2.05) is 42.6 Å². The van der Waals surface area contributed by atoms with Crippen molar-refractivity contribution >= 4 is 39.8 Å². The molecule has 1 aliphatic heterocycles. The Balaban J connectivity index is 1.51. The number of pyridine rings is 1. The number of nitrogens with zero attached hydrogens (tertiary/aromatic N) is 3. The molecule has 0 saturated carbocycles. The summed E-state index contributed by atoms with van der Waals surface area (Å²) in [4.78, 5) is 21.8. The van der Waals surface area contributed by atoms with Crippen molar-refractivity contribution in [3.63, 3.8) is 0 Å². The average Bonchev–Trinajstić information content (AvgIpc) is 2.79. The highest BCUT2D eigenvalue weighted by Crippen LogP contribution is 2.27. The van der Waals surface area contributed by atoms with E-state index in [-0.39, 0.29) is 5.91 Å². The zero-order valence-electron chi connectivity index (χ0n) is 17.0. The minimum atomic E-state index is -0.101. The number of carbonyl (C=O) groups excluding carboxylic acids is 1. The third-order valence-electron chi connectivity index (χ3n) is 5.37. The summed E-state index contributed by atoms with van der Waals surface area (Å²) in [5, 5.41) is 5.70. The van der Waals surface area contributed by atoms with E-state index in [1.54, 1.807) is 7.11 Å². The van der Waals surface area contributed by atoms with Gasteiger partial charge in [-0.05, 0) is 47.9 Å². The van der Waals surface area contributed by atoms with Crippen LogP contribution in [0.2, 0.25) is 5.02 Å². The Morgan fingerprint density at radius 1 is 1.07 bits per heavy atom. The number of ether oxygens (including phenoxy) is 1. The average molecular weight is 425 g/mol. The topological polar surface area (TPSA) is 57.7 Å². The molecule has 156 valence electrons. The lowest BCUT2D eigenvalue weighted by Gasteiger charge is -2.37. The summed E-state index contributed by atoms with van der Waals surface area (Å²) >= 11 is 6.01. The second kappa shape index (κ2) is 9.32. The van der Waals surface area contributed by atoms with Crippen LogP contribution >= 0.6 is 11.6 Å². The molecule has 1 amide bonds. The zero-order chi connectivity index (χ0) is 20.9. The Bertz CT molecular complexity index is 1020. The number of fused-ring (bicyclic) bond motifs is 1. The number of hydrogen-bond acceptors (Lipinski definition) is 5. The second-order valence-electron chi connectivity index (χ2n) is 7.27. The van der Waals surface area contributed by atoms with E-state index in [1.165, 1.54) is 5.69 Å². The van der Waals surface area contributed by atoms with Gasteiger partial charge in [-0.25, -0.2) is 4.98 Å². The van der Waals surface area contributed by atoms with Gasteiger partial charge in [-0.2, -0.15) is 0 Å². The quantitative estimate of drug-likeness (QED) is 0.613. The Hall–Kier alpha value is -2.83. The van der Waals surface area contributed by atoms with E-state index in [0.29, 0.717) is 18.7 Å². The summed E-state index contributed by atoms with van der Waals surface area (Å²) in [6, 6.07) is 15.7. The van der Waals surface area contributed by atoms with Gasteiger partial charge in [-0.3, -0.25) is 4.79 Å². The molecule has 0 bridgehead atoms. The van der Waals surface area contributed by atoms with Crippen LogP contribution in [0.1, 0.15) is 10.4 Å². The van der Waals surface area contributed by atoms with Gasteiger partial charge >= 0.3 is 0 Å². The molecule has 30 heavy (non-hydrogen) atoms. The molecule has 0 spiro atoms. The van der Waals surface area contributed by atoms with E-state index < -0.39 is 0 Å². The largest absolute Gasteiger partial charge is 0.383 e. The number of nitrogens with one attached hydrogen (secondary N) is 1. The first-order valence-electron chi connectivity index (χ1n) is 10.1. The highest BCUT2D eigenvalue weighted by molar-refractivity contribution is 6.30. The molecule has 4 rings (SSSR count). The zero-order valence-corrected chi connectivity index (χ0v) is 17.7. The molecule has 2 aromatic carbocycles. The van der Waals surface area contributed by atoms with Crippen molar-refractivity contribution in [3.8, 4) is 0 Å². The fourth-order valence-corrected chi connectivity index (χ4v) is 3.87. The number of aromatic nitrogens is 1. The Morgan fingerprint density at radius 2 is 1.80 bits per heavy atom. The maximum atomic E-state index is 12.5. The number of piperazine rings is 1. The molecule has 6 nitrogen and oxygen atoms in total. The SMILES string of the molecule is COCCNC(=O)c1ccc2ccnc(N3CCN(c4ccc(Cl)cc4)CC3)c2c1. The lowest BCUT2D eigenvalue weighted by atomic mass is 10.1. The van der Waals surface area contributed by atoms with Gasteiger partial charge < -0.3 is 19.9 Å². The third-order valence-corrected chi connectivity index (χ3v) is 5.62. The predicted octanol–water partition coefficient (Wildman–Crippen LogP) is 3.59. The number of hydrogen-bond donors (Lipinski definition) is 1. The molecule has 0 atom stereocenters. The lowest BCUT2D eigenvalue weighted by molar-refractivity contribution is 0.0937. The second-order valence-corrected chi connectivity index (χ2v) is 7.71. The fraction of sp³-hybridized carbons (Fsp3) is 0.304. The van der Waals surface area contributed by atoms with Gasteiger partial charge in [-0.15, -0.1) is 0 Å². The molecule has 1 fully saturated rings. The van der Waals surface area contributed by atoms with Crippen LogP contribution in [-0.2, 0) is 4.74 Å². The van der Waals surface area contributed by atoms with Crippen LogP contribution in [0, 0.1) is 0 Å². The Kier molecular flexibility index (Phi) is 6.35. The minimum Gasteiger partial charge on any atom is -0.383 e. The van der Waals surface area contributed by atoms with Gasteiger partial charge in [0.2, 0.25) is 0 Å². The van der Waals surface area contributed by atoms with E-state index in [0.717, 1.165) is 47.8 Å². The summed E-state index contributed by atoms with van der Waals surface area (Å²) in [6.45, 7) is 4.50. The molecule has 1 aromatic heterocycles. The van der Waals surface area contributed by atoms with Gasteiger partial charge in [0.05, 0.1) is 6.61 Å². The highest BCUT2D eigenvalue weighted by Gasteiger charge is 2.20. The van der Waals surface area contributed by atoms with Crippen LogP contribution in [0.15, 0.2) is 54.7 Å². The maximum Gasteiger partial charge on any atom is 0.251 e. The van der Waals surface area contributed by atoms with Crippen molar-refractivity contribution < 1.29 is 9.53 Å². The van der Waals surface area contributed by atoms with Crippen molar-refractivity contribution in [2.45, 2.75) is 0 Å². The molecular weight excluding hydrogens is 400 g/mol. The van der Waals surface area contributed by atoms with Crippen LogP contribution in [0.4, 0.5) is 11.5 Å². The van der Waals surface area contributed by atoms with Crippen molar-refractivity contribution in [1.29, 1.82) is 0 Å². The van der Waals surface area contributed by atoms with Crippen LogP contribution in [-0.4, -0.2) is 57.3 Å². The predicted molar refractivity (Wildman–Crippen MR) is 122 cm³/mol. The van der Waals surface area contributed by atoms with Crippen LogP contribution in [0.5, 0.6) is 0 Å². The summed E-state index contributed by atoms with van der Waals surface area (Å²) in [7, 11) is 1.62. The maximum absolute atomic E-state index is 12.5. The molecule has 0 radical (unpaired) electrons. The molecule has 1 saturated heterocycles. The van der Waals surface area contributed by atoms with Gasteiger partial charge in [0.15, 0.2) is 0 Å². The van der Waals surface area contributed by atoms with Crippen LogP contribution in [0.3, 0.4) is 0 Å². The van der Waals surface area contributed by atoms with Crippen LogP contribution < -0.4 is 15.1 Å². The molecule has 1 aliphatic rings. The molecule has 2 heterocycles. The summed E-state index contributed by atoms with van der Waals surface area (Å²) < 4.78 is 5.00. The number of carbonyl (C=O) groups is 1. The number of halogens is 1. The lowest BCUT2D eigenvalue weighted by Crippen LogP contribution is -2.46. The van der Waals surface area contributed by atoms with Crippen molar-refractivity contribution in [2.24, 2.45) is 0 Å².